The molecular formula is C15H14BrF2NO. The van der Waals surface area contributed by atoms with E-state index in [0.29, 0.717) is 28.1 Å². The van der Waals surface area contributed by atoms with Crippen molar-refractivity contribution in [1.82, 2.24) is 5.32 Å². The van der Waals surface area contributed by atoms with Gasteiger partial charge in [-0.05, 0) is 58.9 Å². The lowest BCUT2D eigenvalue weighted by Gasteiger charge is -2.13. The van der Waals surface area contributed by atoms with Crippen LogP contribution in [0, 0.1) is 11.6 Å². The van der Waals surface area contributed by atoms with Gasteiger partial charge in [-0.2, -0.15) is 0 Å². The number of ether oxygens (including phenoxy) is 1. The SMILES string of the molecule is CCNCc1cc(F)ccc1Oc1ccc(F)cc1Br. The fourth-order valence-corrected chi connectivity index (χ4v) is 2.15. The molecule has 0 bridgehead atoms. The first-order valence-electron chi connectivity index (χ1n) is 6.22. The fourth-order valence-electron chi connectivity index (χ4n) is 1.72. The molecular weight excluding hydrogens is 328 g/mol. The number of halogens is 3. The Labute approximate surface area is 124 Å². The quantitative estimate of drug-likeness (QED) is 0.856. The van der Waals surface area contributed by atoms with E-state index in [9.17, 15) is 8.78 Å². The second-order valence-corrected chi connectivity index (χ2v) is 5.06. The van der Waals surface area contributed by atoms with Crippen LogP contribution >= 0.6 is 15.9 Å². The maximum Gasteiger partial charge on any atom is 0.141 e. The molecule has 0 saturated heterocycles. The van der Waals surface area contributed by atoms with Crippen LogP contribution in [0.1, 0.15) is 12.5 Å². The van der Waals surface area contributed by atoms with E-state index in [-0.39, 0.29) is 11.6 Å². The van der Waals surface area contributed by atoms with Gasteiger partial charge in [-0.1, -0.05) is 6.92 Å². The smallest absolute Gasteiger partial charge is 0.141 e. The molecule has 0 aliphatic carbocycles. The zero-order valence-electron chi connectivity index (χ0n) is 10.9. The van der Waals surface area contributed by atoms with E-state index in [1.807, 2.05) is 6.92 Å². The summed E-state index contributed by atoms with van der Waals surface area (Å²) >= 11 is 3.24. The molecule has 106 valence electrons. The van der Waals surface area contributed by atoms with Gasteiger partial charge in [-0.3, -0.25) is 0 Å². The van der Waals surface area contributed by atoms with E-state index in [0.717, 1.165) is 6.54 Å². The highest BCUT2D eigenvalue weighted by atomic mass is 79.9. The summed E-state index contributed by atoms with van der Waals surface area (Å²) in [5.74, 6) is 0.357. The Balaban J connectivity index is 2.27. The largest absolute Gasteiger partial charge is 0.456 e. The molecule has 20 heavy (non-hydrogen) atoms. The Bertz CT molecular complexity index is 604. The first-order valence-corrected chi connectivity index (χ1v) is 7.01. The van der Waals surface area contributed by atoms with Gasteiger partial charge in [0.1, 0.15) is 23.1 Å². The number of hydrogen-bond donors (Lipinski definition) is 1. The van der Waals surface area contributed by atoms with E-state index in [1.165, 1.54) is 30.3 Å². The Morgan fingerprint density at radius 2 is 1.70 bits per heavy atom. The summed E-state index contributed by atoms with van der Waals surface area (Å²) in [4.78, 5) is 0. The fraction of sp³-hybridized carbons (Fsp3) is 0.200. The van der Waals surface area contributed by atoms with Crippen molar-refractivity contribution < 1.29 is 13.5 Å². The van der Waals surface area contributed by atoms with Gasteiger partial charge in [0.2, 0.25) is 0 Å². The molecule has 0 unspecified atom stereocenters. The van der Waals surface area contributed by atoms with Crippen molar-refractivity contribution in [2.24, 2.45) is 0 Å². The third-order valence-electron chi connectivity index (χ3n) is 2.70. The average molecular weight is 342 g/mol. The number of hydrogen-bond acceptors (Lipinski definition) is 2. The molecule has 0 aliphatic heterocycles. The van der Waals surface area contributed by atoms with Crippen LogP contribution in [-0.4, -0.2) is 6.54 Å². The monoisotopic (exact) mass is 341 g/mol. The van der Waals surface area contributed by atoms with Gasteiger partial charge in [-0.15, -0.1) is 0 Å². The highest BCUT2D eigenvalue weighted by Gasteiger charge is 2.09. The molecule has 0 heterocycles. The minimum atomic E-state index is -0.351. The van der Waals surface area contributed by atoms with Crippen molar-refractivity contribution in [2.45, 2.75) is 13.5 Å². The van der Waals surface area contributed by atoms with Crippen LogP contribution in [0.2, 0.25) is 0 Å². The maximum atomic E-state index is 13.3. The van der Waals surface area contributed by atoms with Crippen LogP contribution in [0.15, 0.2) is 40.9 Å². The summed E-state index contributed by atoms with van der Waals surface area (Å²) in [6, 6.07) is 8.49. The van der Waals surface area contributed by atoms with Gasteiger partial charge < -0.3 is 10.1 Å². The minimum absolute atomic E-state index is 0.316. The molecule has 0 fully saturated rings. The van der Waals surface area contributed by atoms with Crippen LogP contribution in [0.25, 0.3) is 0 Å². The summed E-state index contributed by atoms with van der Waals surface area (Å²) in [5.41, 5.74) is 0.711. The molecule has 0 saturated carbocycles. The van der Waals surface area contributed by atoms with E-state index in [1.54, 1.807) is 6.07 Å². The lowest BCUT2D eigenvalue weighted by molar-refractivity contribution is 0.466. The van der Waals surface area contributed by atoms with Gasteiger partial charge in [0.15, 0.2) is 0 Å². The molecule has 5 heteroatoms. The van der Waals surface area contributed by atoms with E-state index in [4.69, 9.17) is 4.74 Å². The van der Waals surface area contributed by atoms with Gasteiger partial charge in [0.05, 0.1) is 4.47 Å². The minimum Gasteiger partial charge on any atom is -0.456 e. The lowest BCUT2D eigenvalue weighted by atomic mass is 10.2. The molecule has 2 nitrogen and oxygen atoms in total. The number of nitrogens with one attached hydrogen (secondary N) is 1. The summed E-state index contributed by atoms with van der Waals surface area (Å²) in [7, 11) is 0. The number of benzene rings is 2. The van der Waals surface area contributed by atoms with Crippen LogP contribution in [0.5, 0.6) is 11.5 Å². The Kier molecular flexibility index (Phi) is 5.09. The van der Waals surface area contributed by atoms with Gasteiger partial charge >= 0.3 is 0 Å². The molecule has 0 aromatic heterocycles. The van der Waals surface area contributed by atoms with Crippen LogP contribution in [0.3, 0.4) is 0 Å². The van der Waals surface area contributed by atoms with Crippen molar-refractivity contribution in [3.05, 3.63) is 58.1 Å². The summed E-state index contributed by atoms with van der Waals surface area (Å²) in [5, 5.41) is 3.12. The van der Waals surface area contributed by atoms with Crippen molar-refractivity contribution >= 4 is 15.9 Å². The molecule has 0 amide bonds. The molecule has 0 aliphatic rings. The van der Waals surface area contributed by atoms with Crippen molar-refractivity contribution in [3.63, 3.8) is 0 Å². The highest BCUT2D eigenvalue weighted by Crippen LogP contribution is 2.32. The standard InChI is InChI=1S/C15H14BrF2NO/c1-2-19-9-10-7-11(17)3-5-14(10)20-15-6-4-12(18)8-13(15)16/h3-8,19H,2,9H2,1H3. The summed E-state index contributed by atoms with van der Waals surface area (Å²) in [6.45, 7) is 3.25. The lowest BCUT2D eigenvalue weighted by Crippen LogP contribution is -2.12. The zero-order chi connectivity index (χ0) is 14.5. The van der Waals surface area contributed by atoms with Crippen molar-refractivity contribution in [1.29, 1.82) is 0 Å². The second kappa shape index (κ2) is 6.81. The molecule has 0 atom stereocenters. The van der Waals surface area contributed by atoms with Gasteiger partial charge in [-0.25, -0.2) is 8.78 Å². The van der Waals surface area contributed by atoms with Crippen LogP contribution in [0.4, 0.5) is 8.78 Å². The normalized spacial score (nSPS) is 10.6. The Hall–Kier alpha value is -1.46. The predicted octanol–water partition coefficient (Wildman–Crippen LogP) is 4.63. The summed E-state index contributed by atoms with van der Waals surface area (Å²) < 4.78 is 32.6. The first-order chi connectivity index (χ1) is 9.60. The second-order valence-electron chi connectivity index (χ2n) is 4.21. The third kappa shape index (κ3) is 3.77. The Morgan fingerprint density at radius 3 is 2.35 bits per heavy atom. The maximum absolute atomic E-state index is 13.3. The van der Waals surface area contributed by atoms with Gasteiger partial charge in [0.25, 0.3) is 0 Å². The predicted molar refractivity (Wildman–Crippen MR) is 78.0 cm³/mol. The third-order valence-corrected chi connectivity index (χ3v) is 3.32. The van der Waals surface area contributed by atoms with Crippen molar-refractivity contribution in [2.75, 3.05) is 6.54 Å². The van der Waals surface area contributed by atoms with Gasteiger partial charge in [0, 0.05) is 12.1 Å². The highest BCUT2D eigenvalue weighted by molar-refractivity contribution is 9.10. The first kappa shape index (κ1) is 14.9. The Morgan fingerprint density at radius 1 is 1.05 bits per heavy atom. The number of rotatable bonds is 5. The van der Waals surface area contributed by atoms with E-state index < -0.39 is 0 Å². The van der Waals surface area contributed by atoms with E-state index in [2.05, 4.69) is 21.2 Å². The topological polar surface area (TPSA) is 21.3 Å². The molecule has 2 rings (SSSR count). The average Bonchev–Trinajstić information content (AvgIpc) is 2.41. The van der Waals surface area contributed by atoms with Crippen LogP contribution in [-0.2, 0) is 6.54 Å². The molecule has 2 aromatic carbocycles. The molecule has 1 N–H and O–H groups in total. The molecule has 2 aromatic rings. The van der Waals surface area contributed by atoms with Crippen molar-refractivity contribution in [3.8, 4) is 11.5 Å². The summed E-state index contributed by atoms with van der Waals surface area (Å²) in [6.07, 6.45) is 0. The van der Waals surface area contributed by atoms with Crippen LogP contribution < -0.4 is 10.1 Å². The van der Waals surface area contributed by atoms with E-state index >= 15 is 0 Å². The molecule has 0 radical (unpaired) electrons. The molecule has 0 spiro atoms. The zero-order valence-corrected chi connectivity index (χ0v) is 12.5.